The van der Waals surface area contributed by atoms with Gasteiger partial charge in [0.25, 0.3) is 10.0 Å². The SMILES string of the molecule is CN(Cc1ccccn1)S(=O)(=O)c1cnc[nH]1. The molecule has 90 valence electrons. The van der Waals surface area contributed by atoms with E-state index in [0.717, 1.165) is 0 Å². The Morgan fingerprint density at radius 1 is 1.41 bits per heavy atom. The predicted molar refractivity (Wildman–Crippen MR) is 61.5 cm³/mol. The molecule has 2 heterocycles. The molecule has 1 N–H and O–H groups in total. The van der Waals surface area contributed by atoms with Gasteiger partial charge < -0.3 is 4.98 Å². The molecule has 0 atom stereocenters. The Labute approximate surface area is 99.4 Å². The molecule has 0 aliphatic carbocycles. The van der Waals surface area contributed by atoms with Gasteiger partial charge in [0.1, 0.15) is 0 Å². The number of hydrogen-bond acceptors (Lipinski definition) is 4. The number of rotatable bonds is 4. The molecule has 0 saturated carbocycles. The van der Waals surface area contributed by atoms with Gasteiger partial charge in [-0.3, -0.25) is 4.98 Å². The van der Waals surface area contributed by atoms with Gasteiger partial charge in [-0.15, -0.1) is 0 Å². The fourth-order valence-corrected chi connectivity index (χ4v) is 2.39. The van der Waals surface area contributed by atoms with Crippen molar-refractivity contribution in [3.8, 4) is 0 Å². The zero-order chi connectivity index (χ0) is 12.3. The molecule has 0 aromatic carbocycles. The number of pyridine rings is 1. The summed E-state index contributed by atoms with van der Waals surface area (Å²) in [6.45, 7) is 0.224. The smallest absolute Gasteiger partial charge is 0.260 e. The van der Waals surface area contributed by atoms with Crippen molar-refractivity contribution >= 4 is 10.0 Å². The van der Waals surface area contributed by atoms with Crippen molar-refractivity contribution in [2.45, 2.75) is 11.6 Å². The number of H-pyrrole nitrogens is 1. The Morgan fingerprint density at radius 3 is 2.82 bits per heavy atom. The summed E-state index contributed by atoms with van der Waals surface area (Å²) in [5.41, 5.74) is 0.693. The number of nitrogens with one attached hydrogen (secondary N) is 1. The van der Waals surface area contributed by atoms with Crippen LogP contribution in [0.3, 0.4) is 0 Å². The summed E-state index contributed by atoms with van der Waals surface area (Å²) in [5.74, 6) is 0. The Balaban J connectivity index is 2.19. The second-order valence-corrected chi connectivity index (χ2v) is 5.51. The molecular weight excluding hydrogens is 240 g/mol. The maximum absolute atomic E-state index is 12.0. The van der Waals surface area contributed by atoms with Crippen molar-refractivity contribution in [1.29, 1.82) is 0 Å². The summed E-state index contributed by atoms with van der Waals surface area (Å²) < 4.78 is 25.3. The van der Waals surface area contributed by atoms with E-state index in [2.05, 4.69) is 15.0 Å². The first-order chi connectivity index (χ1) is 8.10. The van der Waals surface area contributed by atoms with E-state index in [-0.39, 0.29) is 11.6 Å². The van der Waals surface area contributed by atoms with Gasteiger partial charge in [0.05, 0.1) is 24.8 Å². The lowest BCUT2D eigenvalue weighted by Gasteiger charge is -2.15. The number of aromatic amines is 1. The average Bonchev–Trinajstić information content (AvgIpc) is 2.84. The van der Waals surface area contributed by atoms with Crippen LogP contribution in [-0.4, -0.2) is 34.7 Å². The number of sulfonamides is 1. The Bertz CT molecular complexity index is 566. The molecular formula is C10H12N4O2S. The molecule has 17 heavy (non-hydrogen) atoms. The highest BCUT2D eigenvalue weighted by Gasteiger charge is 2.22. The van der Waals surface area contributed by atoms with Gasteiger partial charge in [-0.05, 0) is 12.1 Å². The van der Waals surface area contributed by atoms with Gasteiger partial charge in [-0.1, -0.05) is 6.07 Å². The third-order valence-electron chi connectivity index (χ3n) is 2.27. The summed E-state index contributed by atoms with van der Waals surface area (Å²) in [4.78, 5) is 10.4. The normalized spacial score (nSPS) is 11.9. The molecule has 6 nitrogen and oxygen atoms in total. The van der Waals surface area contributed by atoms with Gasteiger partial charge in [-0.2, -0.15) is 4.31 Å². The molecule has 2 aromatic rings. The largest absolute Gasteiger partial charge is 0.335 e. The van der Waals surface area contributed by atoms with E-state index in [9.17, 15) is 8.42 Å². The molecule has 0 aliphatic rings. The van der Waals surface area contributed by atoms with Gasteiger partial charge in [0, 0.05) is 13.2 Å². The van der Waals surface area contributed by atoms with Crippen molar-refractivity contribution in [2.24, 2.45) is 0 Å². The van der Waals surface area contributed by atoms with Crippen LogP contribution in [0.25, 0.3) is 0 Å². The molecule has 2 rings (SSSR count). The first kappa shape index (κ1) is 11.7. The fourth-order valence-electron chi connectivity index (χ4n) is 1.36. The topological polar surface area (TPSA) is 79.0 Å². The minimum atomic E-state index is -3.52. The lowest BCUT2D eigenvalue weighted by Crippen LogP contribution is -2.27. The molecule has 0 saturated heterocycles. The zero-order valence-corrected chi connectivity index (χ0v) is 10.1. The molecule has 0 fully saturated rings. The molecule has 0 aliphatic heterocycles. The van der Waals surface area contributed by atoms with Crippen molar-refractivity contribution in [1.82, 2.24) is 19.3 Å². The number of aromatic nitrogens is 3. The quantitative estimate of drug-likeness (QED) is 0.865. The minimum absolute atomic E-state index is 0.0796. The fraction of sp³-hybridized carbons (Fsp3) is 0.200. The highest BCUT2D eigenvalue weighted by molar-refractivity contribution is 7.89. The van der Waals surface area contributed by atoms with E-state index in [0.29, 0.717) is 5.69 Å². The standard InChI is InChI=1S/C10H12N4O2S/c1-14(7-9-4-2-3-5-12-9)17(15,16)10-6-11-8-13-10/h2-6,8H,7H2,1H3,(H,11,13). The molecule has 0 spiro atoms. The molecule has 0 amide bonds. The van der Waals surface area contributed by atoms with Crippen LogP contribution >= 0.6 is 0 Å². The van der Waals surface area contributed by atoms with Crippen molar-refractivity contribution in [2.75, 3.05) is 7.05 Å². The van der Waals surface area contributed by atoms with Crippen molar-refractivity contribution < 1.29 is 8.42 Å². The monoisotopic (exact) mass is 252 g/mol. The van der Waals surface area contributed by atoms with Gasteiger partial charge in [0.15, 0.2) is 5.03 Å². The van der Waals surface area contributed by atoms with Gasteiger partial charge in [-0.25, -0.2) is 13.4 Å². The van der Waals surface area contributed by atoms with Crippen LogP contribution in [0.5, 0.6) is 0 Å². The Kier molecular flexibility index (Phi) is 3.21. The zero-order valence-electron chi connectivity index (χ0n) is 9.24. The third-order valence-corrected chi connectivity index (χ3v) is 4.00. The number of imidazole rings is 1. The summed E-state index contributed by atoms with van der Waals surface area (Å²) in [5, 5.41) is 0.0796. The first-order valence-electron chi connectivity index (χ1n) is 4.95. The first-order valence-corrected chi connectivity index (χ1v) is 6.39. The number of hydrogen-bond donors (Lipinski definition) is 1. The van der Waals surface area contributed by atoms with Crippen LogP contribution in [0, 0.1) is 0 Å². The molecule has 0 bridgehead atoms. The maximum Gasteiger partial charge on any atom is 0.260 e. The van der Waals surface area contributed by atoms with Crippen LogP contribution in [0.15, 0.2) is 41.9 Å². The van der Waals surface area contributed by atoms with Crippen LogP contribution in [0.2, 0.25) is 0 Å². The van der Waals surface area contributed by atoms with Gasteiger partial charge >= 0.3 is 0 Å². The van der Waals surface area contributed by atoms with E-state index in [1.165, 1.54) is 23.9 Å². The molecule has 2 aromatic heterocycles. The van der Waals surface area contributed by atoms with Crippen molar-refractivity contribution in [3.05, 3.63) is 42.6 Å². The maximum atomic E-state index is 12.0. The van der Waals surface area contributed by atoms with Crippen LogP contribution < -0.4 is 0 Å². The highest BCUT2D eigenvalue weighted by Crippen LogP contribution is 2.12. The van der Waals surface area contributed by atoms with Crippen LogP contribution in [0.1, 0.15) is 5.69 Å². The van der Waals surface area contributed by atoms with Crippen LogP contribution in [-0.2, 0) is 16.6 Å². The average molecular weight is 252 g/mol. The summed E-state index contributed by atoms with van der Waals surface area (Å²) in [7, 11) is -2.01. The van der Waals surface area contributed by atoms with E-state index < -0.39 is 10.0 Å². The molecule has 0 unspecified atom stereocenters. The van der Waals surface area contributed by atoms with E-state index in [1.54, 1.807) is 18.3 Å². The lowest BCUT2D eigenvalue weighted by molar-refractivity contribution is 0.460. The third kappa shape index (κ3) is 2.51. The number of nitrogens with zero attached hydrogens (tertiary/aromatic N) is 3. The summed E-state index contributed by atoms with van der Waals surface area (Å²) in [6.07, 6.45) is 4.25. The Morgan fingerprint density at radius 2 is 2.24 bits per heavy atom. The van der Waals surface area contributed by atoms with Gasteiger partial charge in [0.2, 0.25) is 0 Å². The van der Waals surface area contributed by atoms with Crippen LogP contribution in [0.4, 0.5) is 0 Å². The predicted octanol–water partition coefficient (Wildman–Crippen LogP) is 0.625. The second-order valence-electron chi connectivity index (χ2n) is 3.50. The van der Waals surface area contributed by atoms with E-state index in [1.807, 2.05) is 6.07 Å². The summed E-state index contributed by atoms with van der Waals surface area (Å²) in [6, 6.07) is 5.38. The Hall–Kier alpha value is -1.73. The minimum Gasteiger partial charge on any atom is -0.335 e. The van der Waals surface area contributed by atoms with E-state index >= 15 is 0 Å². The second kappa shape index (κ2) is 4.64. The van der Waals surface area contributed by atoms with Crippen molar-refractivity contribution in [3.63, 3.8) is 0 Å². The summed E-state index contributed by atoms with van der Waals surface area (Å²) >= 11 is 0. The highest BCUT2D eigenvalue weighted by atomic mass is 32.2. The lowest BCUT2D eigenvalue weighted by atomic mass is 10.3. The molecule has 0 radical (unpaired) electrons. The molecule has 7 heteroatoms. The van der Waals surface area contributed by atoms with E-state index in [4.69, 9.17) is 0 Å².